The van der Waals surface area contributed by atoms with E-state index in [9.17, 15) is 0 Å². The third-order valence-electron chi connectivity index (χ3n) is 3.17. The Labute approximate surface area is 91.3 Å². The monoisotopic (exact) mass is 205 g/mol. The number of hydrogen-bond donors (Lipinski definition) is 1. The number of pyridine rings is 1. The first kappa shape index (κ1) is 10.6. The number of likely N-dealkylation sites (tertiary alicyclic amines) is 1. The Hall–Kier alpha value is -0.930. The highest BCUT2D eigenvalue weighted by molar-refractivity contribution is 5.03. The fraction of sp³-hybridized carbons (Fsp3) is 0.583. The second-order valence-electron chi connectivity index (χ2n) is 4.49. The molecule has 0 unspecified atom stereocenters. The summed E-state index contributed by atoms with van der Waals surface area (Å²) in [5.41, 5.74) is 7.14. The average molecular weight is 205 g/mol. The maximum atomic E-state index is 5.99. The molecule has 0 aliphatic carbocycles. The van der Waals surface area contributed by atoms with Gasteiger partial charge in [0, 0.05) is 31.9 Å². The molecule has 1 aliphatic heterocycles. The fourth-order valence-corrected chi connectivity index (χ4v) is 2.11. The van der Waals surface area contributed by atoms with Gasteiger partial charge in [-0.2, -0.15) is 0 Å². The van der Waals surface area contributed by atoms with Crippen molar-refractivity contribution in [1.82, 2.24) is 9.88 Å². The lowest BCUT2D eigenvalue weighted by Gasteiger charge is -2.34. The zero-order valence-corrected chi connectivity index (χ0v) is 9.26. The topological polar surface area (TPSA) is 42.2 Å². The zero-order valence-electron chi connectivity index (χ0n) is 9.26. The van der Waals surface area contributed by atoms with Gasteiger partial charge in [-0.25, -0.2) is 0 Å². The highest BCUT2D eigenvalue weighted by Gasteiger charge is 2.22. The minimum atomic E-state index is 0.380. The van der Waals surface area contributed by atoms with E-state index in [1.54, 1.807) is 0 Å². The molecular formula is C12H19N3. The van der Waals surface area contributed by atoms with Gasteiger partial charge in [-0.15, -0.1) is 0 Å². The molecule has 15 heavy (non-hydrogen) atoms. The molecular weight excluding hydrogens is 186 g/mol. The molecule has 1 fully saturated rings. The summed E-state index contributed by atoms with van der Waals surface area (Å²) in [5.74, 6) is 0.600. The van der Waals surface area contributed by atoms with Crippen LogP contribution in [0.4, 0.5) is 0 Å². The number of nitrogens with zero attached hydrogens (tertiary/aromatic N) is 2. The number of rotatable bonds is 2. The van der Waals surface area contributed by atoms with Gasteiger partial charge in [-0.1, -0.05) is 13.0 Å². The number of hydrogen-bond acceptors (Lipinski definition) is 3. The van der Waals surface area contributed by atoms with Crippen LogP contribution in [0.5, 0.6) is 0 Å². The van der Waals surface area contributed by atoms with E-state index in [0.29, 0.717) is 12.0 Å². The summed E-state index contributed by atoms with van der Waals surface area (Å²) < 4.78 is 0. The van der Waals surface area contributed by atoms with Gasteiger partial charge in [0.25, 0.3) is 0 Å². The average Bonchev–Trinajstić information content (AvgIpc) is 2.25. The van der Waals surface area contributed by atoms with E-state index in [1.165, 1.54) is 0 Å². The van der Waals surface area contributed by atoms with E-state index < -0.39 is 0 Å². The van der Waals surface area contributed by atoms with Crippen LogP contribution in [0.15, 0.2) is 24.4 Å². The molecule has 2 rings (SSSR count). The molecule has 1 aliphatic rings. The summed E-state index contributed by atoms with van der Waals surface area (Å²) in [6, 6.07) is 6.46. The minimum absolute atomic E-state index is 0.380. The van der Waals surface area contributed by atoms with Gasteiger partial charge in [-0.05, 0) is 24.5 Å². The molecule has 1 saturated heterocycles. The number of aromatic nitrogens is 1. The molecule has 0 saturated carbocycles. The molecule has 3 heteroatoms. The summed E-state index contributed by atoms with van der Waals surface area (Å²) in [5, 5.41) is 0. The highest BCUT2D eigenvalue weighted by atomic mass is 15.1. The van der Waals surface area contributed by atoms with Crippen LogP contribution in [0.1, 0.15) is 19.0 Å². The Bertz CT molecular complexity index is 299. The van der Waals surface area contributed by atoms with Crippen molar-refractivity contribution in [1.29, 1.82) is 0 Å². The van der Waals surface area contributed by atoms with Crippen LogP contribution in [0.25, 0.3) is 0 Å². The first-order chi connectivity index (χ1) is 7.25. The Kier molecular flexibility index (Phi) is 3.34. The van der Waals surface area contributed by atoms with Crippen molar-refractivity contribution in [2.75, 3.05) is 13.1 Å². The van der Waals surface area contributed by atoms with Crippen LogP contribution >= 0.6 is 0 Å². The van der Waals surface area contributed by atoms with Gasteiger partial charge < -0.3 is 5.73 Å². The summed E-state index contributed by atoms with van der Waals surface area (Å²) >= 11 is 0. The van der Waals surface area contributed by atoms with Gasteiger partial charge in [0.05, 0.1) is 5.69 Å². The van der Waals surface area contributed by atoms with Crippen molar-refractivity contribution in [3.63, 3.8) is 0 Å². The Morgan fingerprint density at radius 2 is 2.40 bits per heavy atom. The smallest absolute Gasteiger partial charge is 0.0543 e. The van der Waals surface area contributed by atoms with Crippen LogP contribution in [0, 0.1) is 5.92 Å². The van der Waals surface area contributed by atoms with Gasteiger partial charge in [0.1, 0.15) is 0 Å². The standard InChI is InChI=1S/C12H19N3/c1-10-8-15(7-5-12(10)13)9-11-4-2-3-6-14-11/h2-4,6,10,12H,5,7-9,13H2,1H3/t10-,12+/m1/s1. The maximum absolute atomic E-state index is 5.99. The molecule has 82 valence electrons. The largest absolute Gasteiger partial charge is 0.327 e. The van der Waals surface area contributed by atoms with Crippen LogP contribution in [-0.4, -0.2) is 29.0 Å². The molecule has 3 nitrogen and oxygen atoms in total. The molecule has 2 atom stereocenters. The molecule has 1 aromatic rings. The first-order valence-corrected chi connectivity index (χ1v) is 5.63. The van der Waals surface area contributed by atoms with Crippen molar-refractivity contribution >= 4 is 0 Å². The summed E-state index contributed by atoms with van der Waals surface area (Å²) in [7, 11) is 0. The van der Waals surface area contributed by atoms with Crippen LogP contribution < -0.4 is 5.73 Å². The van der Waals surface area contributed by atoms with E-state index in [2.05, 4.69) is 22.9 Å². The maximum Gasteiger partial charge on any atom is 0.0543 e. The summed E-state index contributed by atoms with van der Waals surface area (Å²) in [6.45, 7) is 5.38. The van der Waals surface area contributed by atoms with Crippen LogP contribution in [0.3, 0.4) is 0 Å². The van der Waals surface area contributed by atoms with Crippen molar-refractivity contribution in [3.8, 4) is 0 Å². The van der Waals surface area contributed by atoms with Gasteiger partial charge in [0.2, 0.25) is 0 Å². The molecule has 0 bridgehead atoms. The SMILES string of the molecule is C[C@@H]1CN(Cc2ccccn2)CC[C@@H]1N. The van der Waals surface area contributed by atoms with E-state index in [4.69, 9.17) is 5.73 Å². The third-order valence-corrected chi connectivity index (χ3v) is 3.17. The third kappa shape index (κ3) is 2.76. The predicted octanol–water partition coefficient (Wildman–Crippen LogP) is 1.25. The second-order valence-corrected chi connectivity index (χ2v) is 4.49. The molecule has 2 N–H and O–H groups in total. The quantitative estimate of drug-likeness (QED) is 0.790. The van der Waals surface area contributed by atoms with Crippen LogP contribution in [-0.2, 0) is 6.54 Å². The molecule has 0 amide bonds. The zero-order chi connectivity index (χ0) is 10.7. The van der Waals surface area contributed by atoms with E-state index in [-0.39, 0.29) is 0 Å². The Morgan fingerprint density at radius 1 is 1.53 bits per heavy atom. The lowest BCUT2D eigenvalue weighted by molar-refractivity contribution is 0.156. The first-order valence-electron chi connectivity index (χ1n) is 5.63. The lowest BCUT2D eigenvalue weighted by Crippen LogP contribution is -2.45. The highest BCUT2D eigenvalue weighted by Crippen LogP contribution is 2.16. The predicted molar refractivity (Wildman–Crippen MR) is 61.3 cm³/mol. The lowest BCUT2D eigenvalue weighted by atomic mass is 9.95. The van der Waals surface area contributed by atoms with Crippen molar-refractivity contribution < 1.29 is 0 Å². The normalized spacial score (nSPS) is 27.9. The molecule has 2 heterocycles. The van der Waals surface area contributed by atoms with E-state index in [0.717, 1.165) is 31.7 Å². The van der Waals surface area contributed by atoms with E-state index >= 15 is 0 Å². The molecule has 0 aromatic carbocycles. The summed E-state index contributed by atoms with van der Waals surface area (Å²) in [6.07, 6.45) is 2.96. The summed E-state index contributed by atoms with van der Waals surface area (Å²) in [4.78, 5) is 6.78. The fourth-order valence-electron chi connectivity index (χ4n) is 2.11. The van der Waals surface area contributed by atoms with Gasteiger partial charge in [0.15, 0.2) is 0 Å². The number of piperidine rings is 1. The van der Waals surface area contributed by atoms with E-state index in [1.807, 2.05) is 18.3 Å². The molecule has 1 aromatic heterocycles. The Balaban J connectivity index is 1.91. The van der Waals surface area contributed by atoms with Crippen molar-refractivity contribution in [2.45, 2.75) is 25.9 Å². The Morgan fingerprint density at radius 3 is 3.07 bits per heavy atom. The molecule has 0 radical (unpaired) electrons. The second kappa shape index (κ2) is 4.73. The molecule has 0 spiro atoms. The van der Waals surface area contributed by atoms with Crippen LogP contribution in [0.2, 0.25) is 0 Å². The van der Waals surface area contributed by atoms with Crippen molar-refractivity contribution in [3.05, 3.63) is 30.1 Å². The minimum Gasteiger partial charge on any atom is -0.327 e. The van der Waals surface area contributed by atoms with Crippen molar-refractivity contribution in [2.24, 2.45) is 11.7 Å². The number of nitrogens with two attached hydrogens (primary N) is 1. The van der Waals surface area contributed by atoms with Gasteiger partial charge >= 0.3 is 0 Å². The van der Waals surface area contributed by atoms with Gasteiger partial charge in [-0.3, -0.25) is 9.88 Å².